The minimum Gasteiger partial charge on any atom is -0.466 e. The number of rotatable bonds is 7. The van der Waals surface area contributed by atoms with Crippen molar-refractivity contribution in [2.24, 2.45) is 5.92 Å². The second-order valence-electron chi connectivity index (χ2n) is 6.73. The Bertz CT molecular complexity index is 701. The van der Waals surface area contributed by atoms with Gasteiger partial charge in [0.1, 0.15) is 10.9 Å². The van der Waals surface area contributed by atoms with Crippen LogP contribution < -0.4 is 10.2 Å². The number of hydrogen-bond donors (Lipinski definition) is 2. The van der Waals surface area contributed by atoms with E-state index in [9.17, 15) is 14.4 Å². The zero-order chi connectivity index (χ0) is 20.0. The van der Waals surface area contributed by atoms with Gasteiger partial charge in [0.2, 0.25) is 0 Å². The first-order valence-electron chi connectivity index (χ1n) is 9.44. The van der Waals surface area contributed by atoms with E-state index in [1.807, 2.05) is 13.8 Å². The van der Waals surface area contributed by atoms with Crippen LogP contribution in [0.3, 0.4) is 0 Å². The molecular weight excluding hydrogens is 368 g/mol. The molecule has 1 aromatic heterocycles. The van der Waals surface area contributed by atoms with Gasteiger partial charge in [0.25, 0.3) is 5.91 Å². The molecule has 1 aliphatic rings. The van der Waals surface area contributed by atoms with Crippen LogP contribution in [0.5, 0.6) is 0 Å². The zero-order valence-electron chi connectivity index (χ0n) is 16.5. The number of quaternary nitrogens is 1. The van der Waals surface area contributed by atoms with Crippen LogP contribution in [0.15, 0.2) is 0 Å². The number of nitrogens with one attached hydrogen (secondary N) is 2. The van der Waals surface area contributed by atoms with Gasteiger partial charge < -0.3 is 19.7 Å². The quantitative estimate of drug-likeness (QED) is 0.678. The lowest BCUT2D eigenvalue weighted by atomic mass is 9.98. The van der Waals surface area contributed by atoms with Crippen LogP contribution in [0.25, 0.3) is 0 Å². The van der Waals surface area contributed by atoms with Crippen molar-refractivity contribution >= 4 is 34.2 Å². The maximum atomic E-state index is 12.5. The SMILES string of the molecule is CCOC(=O)c1c(NC(=O)C[NH+]2CCC[C@@H](C(=O)OCC)C2)sc(C)c1C. The summed E-state index contributed by atoms with van der Waals surface area (Å²) < 4.78 is 10.2. The Morgan fingerprint density at radius 3 is 2.56 bits per heavy atom. The van der Waals surface area contributed by atoms with E-state index < -0.39 is 5.97 Å². The first-order valence-corrected chi connectivity index (χ1v) is 10.3. The Morgan fingerprint density at radius 1 is 1.19 bits per heavy atom. The number of likely N-dealkylation sites (tertiary alicyclic amines) is 1. The zero-order valence-corrected chi connectivity index (χ0v) is 17.3. The number of thiophene rings is 1. The standard InChI is InChI=1S/C19H28N2O5S/c1-5-25-18(23)14-8-7-9-21(10-14)11-15(22)20-17-16(19(24)26-6-2)12(3)13(4)27-17/h14H,5-11H2,1-4H3,(H,20,22)/p+1/t14-/m1/s1. The number of amides is 1. The van der Waals surface area contributed by atoms with Crippen molar-refractivity contribution in [3.63, 3.8) is 0 Å². The van der Waals surface area contributed by atoms with E-state index >= 15 is 0 Å². The molecule has 0 radical (unpaired) electrons. The van der Waals surface area contributed by atoms with Gasteiger partial charge in [-0.15, -0.1) is 11.3 Å². The number of esters is 2. The predicted octanol–water partition coefficient (Wildman–Crippen LogP) is 1.34. The number of piperidine rings is 1. The lowest BCUT2D eigenvalue weighted by Gasteiger charge is -2.28. The lowest BCUT2D eigenvalue weighted by Crippen LogP contribution is -3.14. The summed E-state index contributed by atoms with van der Waals surface area (Å²) in [6.07, 6.45) is 1.69. The summed E-state index contributed by atoms with van der Waals surface area (Å²) in [4.78, 5) is 38.8. The monoisotopic (exact) mass is 397 g/mol. The fourth-order valence-electron chi connectivity index (χ4n) is 3.33. The average molecular weight is 398 g/mol. The topological polar surface area (TPSA) is 86.1 Å². The van der Waals surface area contributed by atoms with Crippen molar-refractivity contribution in [3.8, 4) is 0 Å². The van der Waals surface area contributed by atoms with E-state index in [0.717, 1.165) is 34.7 Å². The average Bonchev–Trinajstić information content (AvgIpc) is 2.89. The lowest BCUT2D eigenvalue weighted by molar-refractivity contribution is -0.899. The molecule has 1 amide bonds. The molecule has 0 spiro atoms. The minimum absolute atomic E-state index is 0.150. The number of ether oxygens (including phenoxy) is 2. The highest BCUT2D eigenvalue weighted by atomic mass is 32.1. The Kier molecular flexibility index (Phi) is 7.79. The molecule has 2 N–H and O–H groups in total. The maximum Gasteiger partial charge on any atom is 0.341 e. The van der Waals surface area contributed by atoms with Crippen molar-refractivity contribution < 1.29 is 28.8 Å². The fourth-order valence-corrected chi connectivity index (χ4v) is 4.40. The highest BCUT2D eigenvalue weighted by Gasteiger charge is 2.31. The van der Waals surface area contributed by atoms with Gasteiger partial charge in [-0.25, -0.2) is 4.79 Å². The van der Waals surface area contributed by atoms with Crippen LogP contribution >= 0.6 is 11.3 Å². The van der Waals surface area contributed by atoms with E-state index in [1.54, 1.807) is 13.8 Å². The highest BCUT2D eigenvalue weighted by molar-refractivity contribution is 7.16. The third-order valence-electron chi connectivity index (χ3n) is 4.77. The molecule has 2 rings (SSSR count). The van der Waals surface area contributed by atoms with Crippen molar-refractivity contribution in [1.82, 2.24) is 0 Å². The summed E-state index contributed by atoms with van der Waals surface area (Å²) in [5, 5.41) is 3.40. The number of aryl methyl sites for hydroxylation is 1. The fraction of sp³-hybridized carbons (Fsp3) is 0.632. The summed E-state index contributed by atoms with van der Waals surface area (Å²) >= 11 is 1.38. The van der Waals surface area contributed by atoms with Gasteiger partial charge in [0, 0.05) is 4.88 Å². The van der Waals surface area contributed by atoms with Gasteiger partial charge in [0.15, 0.2) is 6.54 Å². The van der Waals surface area contributed by atoms with E-state index in [4.69, 9.17) is 9.47 Å². The maximum absolute atomic E-state index is 12.5. The molecule has 150 valence electrons. The van der Waals surface area contributed by atoms with Gasteiger partial charge in [-0.1, -0.05) is 0 Å². The van der Waals surface area contributed by atoms with Crippen molar-refractivity contribution in [2.75, 3.05) is 38.2 Å². The Labute approximate surface area is 164 Å². The van der Waals surface area contributed by atoms with Crippen molar-refractivity contribution in [2.45, 2.75) is 40.5 Å². The molecule has 1 aromatic rings. The van der Waals surface area contributed by atoms with Gasteiger partial charge in [-0.3, -0.25) is 9.59 Å². The molecule has 1 aliphatic heterocycles. The number of carbonyl (C=O) groups is 3. The third kappa shape index (κ3) is 5.52. The van der Waals surface area contributed by atoms with Gasteiger partial charge in [-0.05, 0) is 46.1 Å². The Hall–Kier alpha value is -1.93. The van der Waals surface area contributed by atoms with Gasteiger partial charge >= 0.3 is 11.9 Å². The Balaban J connectivity index is 2.00. The van der Waals surface area contributed by atoms with E-state index in [0.29, 0.717) is 23.7 Å². The second kappa shape index (κ2) is 9.85. The molecule has 2 atom stereocenters. The van der Waals surface area contributed by atoms with Crippen molar-refractivity contribution in [3.05, 3.63) is 16.0 Å². The smallest absolute Gasteiger partial charge is 0.341 e. The molecule has 1 unspecified atom stereocenters. The summed E-state index contributed by atoms with van der Waals surface area (Å²) in [6.45, 7) is 9.68. The molecular formula is C19H29N2O5S+. The highest BCUT2D eigenvalue weighted by Crippen LogP contribution is 2.32. The molecule has 0 aliphatic carbocycles. The summed E-state index contributed by atoms with van der Waals surface area (Å²) in [6, 6.07) is 0. The molecule has 27 heavy (non-hydrogen) atoms. The normalized spacial score (nSPS) is 19.4. The number of hydrogen-bond acceptors (Lipinski definition) is 6. The van der Waals surface area contributed by atoms with Crippen LogP contribution in [-0.2, 0) is 19.1 Å². The molecule has 1 fully saturated rings. The molecule has 0 bridgehead atoms. The molecule has 1 saturated heterocycles. The number of carbonyl (C=O) groups excluding carboxylic acids is 3. The first-order chi connectivity index (χ1) is 12.9. The van der Waals surface area contributed by atoms with E-state index in [-0.39, 0.29) is 30.9 Å². The second-order valence-corrected chi connectivity index (χ2v) is 7.95. The molecule has 8 heteroatoms. The molecule has 2 heterocycles. The first kappa shape index (κ1) is 21.4. The Morgan fingerprint density at radius 2 is 1.89 bits per heavy atom. The van der Waals surface area contributed by atoms with Crippen molar-refractivity contribution in [1.29, 1.82) is 0 Å². The van der Waals surface area contributed by atoms with Gasteiger partial charge in [0.05, 0.1) is 31.9 Å². The summed E-state index contributed by atoms with van der Waals surface area (Å²) in [5.74, 6) is -0.907. The van der Waals surface area contributed by atoms with E-state index in [2.05, 4.69) is 5.32 Å². The molecule has 0 aromatic carbocycles. The number of anilines is 1. The molecule has 7 nitrogen and oxygen atoms in total. The van der Waals surface area contributed by atoms with Crippen LogP contribution in [0, 0.1) is 19.8 Å². The van der Waals surface area contributed by atoms with E-state index in [1.165, 1.54) is 11.3 Å². The third-order valence-corrected chi connectivity index (χ3v) is 5.89. The summed E-state index contributed by atoms with van der Waals surface area (Å²) in [7, 11) is 0. The van der Waals surface area contributed by atoms with Crippen LogP contribution in [0.4, 0.5) is 5.00 Å². The van der Waals surface area contributed by atoms with Crippen LogP contribution in [0.2, 0.25) is 0 Å². The van der Waals surface area contributed by atoms with Crippen LogP contribution in [-0.4, -0.2) is 50.7 Å². The largest absolute Gasteiger partial charge is 0.466 e. The minimum atomic E-state index is -0.414. The molecule has 0 saturated carbocycles. The summed E-state index contributed by atoms with van der Waals surface area (Å²) in [5.41, 5.74) is 1.27. The van der Waals surface area contributed by atoms with Gasteiger partial charge in [-0.2, -0.15) is 0 Å². The van der Waals surface area contributed by atoms with Crippen LogP contribution in [0.1, 0.15) is 47.5 Å². The predicted molar refractivity (Wildman–Crippen MR) is 103 cm³/mol.